The van der Waals surface area contributed by atoms with E-state index in [1.165, 1.54) is 0 Å². The fourth-order valence-electron chi connectivity index (χ4n) is 0.924. The summed E-state index contributed by atoms with van der Waals surface area (Å²) in [7, 11) is 0. The molecule has 0 saturated heterocycles. The molecule has 0 aromatic carbocycles. The summed E-state index contributed by atoms with van der Waals surface area (Å²) in [5, 5.41) is 3.94. The molecule has 0 radical (unpaired) electrons. The van der Waals surface area contributed by atoms with Crippen molar-refractivity contribution in [2.75, 3.05) is 17.2 Å². The van der Waals surface area contributed by atoms with Crippen LogP contribution in [0.25, 0.3) is 11.0 Å². The van der Waals surface area contributed by atoms with Gasteiger partial charge in [0.15, 0.2) is 0 Å². The van der Waals surface area contributed by atoms with Crippen LogP contribution in [0, 0.1) is 0 Å². The highest BCUT2D eigenvalue weighted by molar-refractivity contribution is 5.93. The van der Waals surface area contributed by atoms with Gasteiger partial charge in [0.1, 0.15) is 11.2 Å². The topological polar surface area (TPSA) is 130 Å². The summed E-state index contributed by atoms with van der Waals surface area (Å²) in [5.74, 6) is 0.326. The number of fused-ring (bicyclic) bond motifs is 1. The van der Waals surface area contributed by atoms with Crippen LogP contribution in [0.1, 0.15) is 0 Å². The zero-order valence-electron chi connectivity index (χ0n) is 5.98. The molecule has 12 heavy (non-hydrogen) atoms. The average molecular weight is 166 g/mol. The second-order valence-corrected chi connectivity index (χ2v) is 2.21. The van der Waals surface area contributed by atoms with E-state index in [2.05, 4.69) is 19.6 Å². The Labute approximate surface area is 66.5 Å². The van der Waals surface area contributed by atoms with Crippen LogP contribution in [-0.4, -0.2) is 15.1 Å². The van der Waals surface area contributed by atoms with Crippen LogP contribution in [0.5, 0.6) is 0 Å². The van der Waals surface area contributed by atoms with Crippen molar-refractivity contribution in [2.45, 2.75) is 0 Å². The Bertz CT molecular complexity index is 435. The molecule has 0 aliphatic carbocycles. The number of nitrogen functional groups attached to an aromatic ring is 3. The molecule has 2 aromatic heterocycles. The van der Waals surface area contributed by atoms with Gasteiger partial charge in [-0.3, -0.25) is 0 Å². The van der Waals surface area contributed by atoms with Gasteiger partial charge in [0.25, 0.3) is 0 Å². The Balaban J connectivity index is 2.93. The number of anilines is 3. The summed E-state index contributed by atoms with van der Waals surface area (Å²) in [5.41, 5.74) is 16.5. The van der Waals surface area contributed by atoms with E-state index in [9.17, 15) is 0 Å². The third-order valence-corrected chi connectivity index (χ3v) is 1.41. The fourth-order valence-corrected chi connectivity index (χ4v) is 0.924. The number of nitrogens with zero attached hydrogens (tertiary/aromatic N) is 3. The normalized spacial score (nSPS) is 10.7. The van der Waals surface area contributed by atoms with Crippen LogP contribution in [-0.2, 0) is 0 Å². The zero-order valence-corrected chi connectivity index (χ0v) is 5.98. The number of rotatable bonds is 0. The quantitative estimate of drug-likeness (QED) is 0.474. The first-order chi connectivity index (χ1) is 5.68. The van der Waals surface area contributed by atoms with E-state index in [1.807, 2.05) is 0 Å². The Hall–Kier alpha value is -2.05. The molecule has 7 heteroatoms. The summed E-state index contributed by atoms with van der Waals surface area (Å²) in [6.45, 7) is 0. The highest BCUT2D eigenvalue weighted by Gasteiger charge is 2.11. The minimum Gasteiger partial charge on any atom is -0.383 e. The zero-order chi connectivity index (χ0) is 8.72. The van der Waals surface area contributed by atoms with Gasteiger partial charge in [-0.15, -0.1) is 0 Å². The van der Waals surface area contributed by atoms with Gasteiger partial charge in [-0.25, -0.2) is 0 Å². The number of aromatic nitrogens is 3. The maximum Gasteiger partial charge on any atom is 0.235 e. The van der Waals surface area contributed by atoms with Gasteiger partial charge in [0, 0.05) is 0 Å². The first-order valence-corrected chi connectivity index (χ1v) is 3.12. The van der Waals surface area contributed by atoms with Gasteiger partial charge in [0.05, 0.1) is 0 Å². The van der Waals surface area contributed by atoms with Gasteiger partial charge in [-0.2, -0.15) is 9.97 Å². The Morgan fingerprint density at radius 1 is 1.08 bits per heavy atom. The van der Waals surface area contributed by atoms with Crippen LogP contribution in [0.4, 0.5) is 17.7 Å². The highest BCUT2D eigenvalue weighted by Crippen LogP contribution is 2.23. The van der Waals surface area contributed by atoms with Crippen LogP contribution < -0.4 is 17.2 Å². The molecule has 0 saturated carbocycles. The molecule has 0 unspecified atom stereocenters. The molecule has 2 rings (SSSR count). The van der Waals surface area contributed by atoms with E-state index in [-0.39, 0.29) is 23.3 Å². The van der Waals surface area contributed by atoms with Crippen molar-refractivity contribution in [1.29, 1.82) is 0 Å². The predicted molar refractivity (Wildman–Crippen MR) is 42.8 cm³/mol. The van der Waals surface area contributed by atoms with Crippen LogP contribution >= 0.6 is 0 Å². The Morgan fingerprint density at radius 2 is 1.83 bits per heavy atom. The number of nitrogens with two attached hydrogens (primary N) is 3. The molecule has 0 fully saturated rings. The summed E-state index contributed by atoms with van der Waals surface area (Å²) in [6, 6.07) is 0. The lowest BCUT2D eigenvalue weighted by atomic mass is 10.4. The molecule has 0 spiro atoms. The van der Waals surface area contributed by atoms with Crippen molar-refractivity contribution in [3.63, 3.8) is 0 Å². The van der Waals surface area contributed by atoms with E-state index >= 15 is 0 Å². The molecule has 7 nitrogen and oxygen atoms in total. The first-order valence-electron chi connectivity index (χ1n) is 3.12. The molecule has 0 bridgehead atoms. The summed E-state index contributed by atoms with van der Waals surface area (Å²) in [6.07, 6.45) is 0. The van der Waals surface area contributed by atoms with Crippen LogP contribution in [0.2, 0.25) is 0 Å². The molecule has 0 aliphatic rings. The van der Waals surface area contributed by atoms with Gasteiger partial charge in [-0.05, 0) is 0 Å². The molecule has 62 valence electrons. The molecule has 0 amide bonds. The number of hydrogen-bond acceptors (Lipinski definition) is 7. The molecule has 0 atom stereocenters. The standard InChI is InChI=1S/C5H6N6O/c6-2-1-3(7)12-11-4(1)10-5(8)9-2/h7H2,(H4,6,8,9,10,11). The lowest BCUT2D eigenvalue weighted by Gasteiger charge is -1.94. The van der Waals surface area contributed by atoms with Gasteiger partial charge >= 0.3 is 0 Å². The smallest absolute Gasteiger partial charge is 0.235 e. The van der Waals surface area contributed by atoms with E-state index in [0.29, 0.717) is 5.39 Å². The monoisotopic (exact) mass is 166 g/mol. The van der Waals surface area contributed by atoms with Crippen molar-refractivity contribution in [2.24, 2.45) is 0 Å². The third kappa shape index (κ3) is 0.729. The van der Waals surface area contributed by atoms with E-state index in [0.717, 1.165) is 0 Å². The second kappa shape index (κ2) is 1.97. The third-order valence-electron chi connectivity index (χ3n) is 1.41. The highest BCUT2D eigenvalue weighted by atomic mass is 16.5. The van der Waals surface area contributed by atoms with E-state index in [4.69, 9.17) is 17.2 Å². The Morgan fingerprint density at radius 3 is 2.58 bits per heavy atom. The average Bonchev–Trinajstić information content (AvgIpc) is 2.31. The van der Waals surface area contributed by atoms with Crippen LogP contribution in [0.15, 0.2) is 4.52 Å². The molecule has 2 heterocycles. The van der Waals surface area contributed by atoms with E-state index < -0.39 is 0 Å². The van der Waals surface area contributed by atoms with Crippen molar-refractivity contribution in [3.8, 4) is 0 Å². The fraction of sp³-hybridized carbons (Fsp3) is 0. The van der Waals surface area contributed by atoms with Gasteiger partial charge < -0.3 is 21.7 Å². The predicted octanol–water partition coefficient (Wildman–Crippen LogP) is -0.636. The van der Waals surface area contributed by atoms with Crippen LogP contribution in [0.3, 0.4) is 0 Å². The first kappa shape index (κ1) is 6.65. The lowest BCUT2D eigenvalue weighted by molar-refractivity contribution is 0.443. The molecule has 2 aromatic rings. The minimum atomic E-state index is 0.0494. The molecular weight excluding hydrogens is 160 g/mol. The van der Waals surface area contributed by atoms with Crippen molar-refractivity contribution >= 4 is 28.7 Å². The van der Waals surface area contributed by atoms with Gasteiger partial charge in [0.2, 0.25) is 17.5 Å². The van der Waals surface area contributed by atoms with Gasteiger partial charge in [-0.1, -0.05) is 5.16 Å². The Kier molecular flexibility index (Phi) is 1.09. The number of hydrogen-bond donors (Lipinski definition) is 3. The van der Waals surface area contributed by atoms with Crippen molar-refractivity contribution < 1.29 is 4.52 Å². The lowest BCUT2D eigenvalue weighted by Crippen LogP contribution is -2.00. The molecule has 6 N–H and O–H groups in total. The second-order valence-electron chi connectivity index (χ2n) is 2.21. The summed E-state index contributed by atoms with van der Waals surface area (Å²) in [4.78, 5) is 7.46. The largest absolute Gasteiger partial charge is 0.383 e. The maximum absolute atomic E-state index is 5.49. The summed E-state index contributed by atoms with van der Waals surface area (Å²) < 4.78 is 4.64. The summed E-state index contributed by atoms with van der Waals surface area (Å²) >= 11 is 0. The molecule has 0 aliphatic heterocycles. The maximum atomic E-state index is 5.49. The SMILES string of the molecule is Nc1nc(N)c2c(N)onc2n1. The van der Waals surface area contributed by atoms with E-state index in [1.54, 1.807) is 0 Å². The molecular formula is C5H6N6O. The van der Waals surface area contributed by atoms with Crippen molar-refractivity contribution in [1.82, 2.24) is 15.1 Å². The minimum absolute atomic E-state index is 0.0494. The van der Waals surface area contributed by atoms with Crippen molar-refractivity contribution in [3.05, 3.63) is 0 Å².